The maximum atomic E-state index is 6.66. The van der Waals surface area contributed by atoms with Crippen LogP contribution in [0.5, 0.6) is 0 Å². The van der Waals surface area contributed by atoms with Crippen LogP contribution in [0.25, 0.3) is 0 Å². The Hall–Kier alpha value is -0.580. The van der Waals surface area contributed by atoms with Gasteiger partial charge in [-0.2, -0.15) is 5.10 Å². The second kappa shape index (κ2) is 7.12. The molecule has 0 bridgehead atoms. The van der Waals surface area contributed by atoms with Crippen LogP contribution in [0, 0.1) is 5.92 Å². The highest BCUT2D eigenvalue weighted by Crippen LogP contribution is 2.43. The van der Waals surface area contributed by atoms with Gasteiger partial charge in [0.1, 0.15) is 0 Å². The molecule has 1 heterocycles. The summed E-state index contributed by atoms with van der Waals surface area (Å²) in [6.07, 6.45) is 7.13. The van der Waals surface area contributed by atoms with Gasteiger partial charge in [-0.05, 0) is 32.1 Å². The number of hydrogen-bond acceptors (Lipinski definition) is 3. The number of halogens is 1. The molecule has 1 aromatic rings. The molecule has 0 aromatic carbocycles. The van der Waals surface area contributed by atoms with Crippen molar-refractivity contribution in [2.24, 2.45) is 11.7 Å². The highest BCUT2D eigenvalue weighted by Gasteiger charge is 2.43. The summed E-state index contributed by atoms with van der Waals surface area (Å²) in [6, 6.07) is -0.221. The predicted molar refractivity (Wildman–Crippen MR) is 86.4 cm³/mol. The number of aromatic nitrogens is 2. The van der Waals surface area contributed by atoms with Crippen molar-refractivity contribution in [3.8, 4) is 0 Å². The minimum absolute atomic E-state index is 0.221. The Bertz CT molecular complexity index is 458. The Morgan fingerprint density at radius 2 is 2.33 bits per heavy atom. The average Bonchev–Trinajstić information content (AvgIpc) is 2.80. The van der Waals surface area contributed by atoms with Gasteiger partial charge in [0.25, 0.3) is 0 Å². The smallest absolute Gasteiger partial charge is 0.0892 e. The molecule has 0 amide bonds. The van der Waals surface area contributed by atoms with E-state index in [-0.39, 0.29) is 11.6 Å². The fraction of sp³-hybridized carbons (Fsp3) is 0.812. The zero-order chi connectivity index (χ0) is 15.5. The molecule has 1 fully saturated rings. The van der Waals surface area contributed by atoms with Gasteiger partial charge in [0.05, 0.1) is 28.6 Å². The lowest BCUT2D eigenvalue weighted by atomic mass is 9.74. The first-order chi connectivity index (χ1) is 10.0. The SMILES string of the molecule is CCCn1ncc(Cl)c1C(N)C1(OCC)CCCC(C)C1. The number of aryl methyl sites for hydroxylation is 1. The van der Waals surface area contributed by atoms with E-state index in [1.165, 1.54) is 6.42 Å². The van der Waals surface area contributed by atoms with Crippen molar-refractivity contribution in [2.75, 3.05) is 6.61 Å². The molecule has 2 N–H and O–H groups in total. The molecular weight excluding hydrogens is 286 g/mol. The van der Waals surface area contributed by atoms with E-state index in [1.807, 2.05) is 11.6 Å². The first kappa shape index (κ1) is 16.8. The molecule has 5 heteroatoms. The van der Waals surface area contributed by atoms with E-state index in [1.54, 1.807) is 6.20 Å². The van der Waals surface area contributed by atoms with E-state index < -0.39 is 0 Å². The van der Waals surface area contributed by atoms with Crippen LogP contribution in [-0.4, -0.2) is 22.0 Å². The van der Waals surface area contributed by atoms with Crippen LogP contribution in [-0.2, 0) is 11.3 Å². The van der Waals surface area contributed by atoms with Crippen molar-refractivity contribution in [3.05, 3.63) is 16.9 Å². The molecule has 120 valence electrons. The molecule has 0 spiro atoms. The van der Waals surface area contributed by atoms with E-state index in [4.69, 9.17) is 22.1 Å². The minimum atomic E-state index is -0.304. The highest BCUT2D eigenvalue weighted by atomic mass is 35.5. The lowest BCUT2D eigenvalue weighted by molar-refractivity contribution is -0.0952. The quantitative estimate of drug-likeness (QED) is 0.865. The third-order valence-corrected chi connectivity index (χ3v) is 4.84. The molecule has 0 aliphatic heterocycles. The third kappa shape index (κ3) is 3.43. The van der Waals surface area contributed by atoms with Crippen LogP contribution >= 0.6 is 11.6 Å². The molecular formula is C16H28ClN3O. The fourth-order valence-corrected chi connectivity index (χ4v) is 3.91. The highest BCUT2D eigenvalue weighted by molar-refractivity contribution is 6.31. The molecule has 3 unspecified atom stereocenters. The Balaban J connectivity index is 2.34. The van der Waals surface area contributed by atoms with Gasteiger partial charge in [-0.1, -0.05) is 38.3 Å². The monoisotopic (exact) mass is 313 g/mol. The predicted octanol–water partition coefficient (Wildman–Crippen LogP) is 3.93. The average molecular weight is 314 g/mol. The van der Waals surface area contributed by atoms with E-state index in [2.05, 4.69) is 18.9 Å². The van der Waals surface area contributed by atoms with Gasteiger partial charge in [0.15, 0.2) is 0 Å². The molecule has 1 saturated carbocycles. The van der Waals surface area contributed by atoms with Crippen LogP contribution in [0.1, 0.15) is 64.6 Å². The van der Waals surface area contributed by atoms with Crippen LogP contribution < -0.4 is 5.73 Å². The van der Waals surface area contributed by atoms with Gasteiger partial charge < -0.3 is 10.5 Å². The minimum Gasteiger partial charge on any atom is -0.373 e. The maximum Gasteiger partial charge on any atom is 0.0892 e. The Labute approximate surface area is 133 Å². The standard InChI is InChI=1S/C16H28ClN3O/c1-4-9-20-14(13(17)11-19-20)15(18)16(21-5-2)8-6-7-12(3)10-16/h11-12,15H,4-10,18H2,1-3H3. The number of ether oxygens (including phenoxy) is 1. The second-order valence-electron chi connectivity index (χ2n) is 6.28. The summed E-state index contributed by atoms with van der Waals surface area (Å²) >= 11 is 6.37. The van der Waals surface area contributed by atoms with Crippen molar-refractivity contribution in [2.45, 2.75) is 71.1 Å². The van der Waals surface area contributed by atoms with Crippen molar-refractivity contribution >= 4 is 11.6 Å². The molecule has 3 atom stereocenters. The molecule has 0 saturated heterocycles. The molecule has 21 heavy (non-hydrogen) atoms. The molecule has 1 aromatic heterocycles. The van der Waals surface area contributed by atoms with Gasteiger partial charge in [-0.25, -0.2) is 0 Å². The number of hydrogen-bond donors (Lipinski definition) is 1. The summed E-state index contributed by atoms with van der Waals surface area (Å²) in [5.41, 5.74) is 7.29. The zero-order valence-electron chi connectivity index (χ0n) is 13.4. The van der Waals surface area contributed by atoms with Gasteiger partial charge >= 0.3 is 0 Å². The van der Waals surface area contributed by atoms with Gasteiger partial charge in [-0.15, -0.1) is 0 Å². The number of rotatable bonds is 6. The summed E-state index contributed by atoms with van der Waals surface area (Å²) in [5, 5.41) is 5.04. The summed E-state index contributed by atoms with van der Waals surface area (Å²) in [6.45, 7) is 7.97. The Morgan fingerprint density at radius 1 is 1.57 bits per heavy atom. The Kier molecular flexibility index (Phi) is 5.69. The van der Waals surface area contributed by atoms with E-state index in [0.29, 0.717) is 17.5 Å². The Morgan fingerprint density at radius 3 is 2.95 bits per heavy atom. The summed E-state index contributed by atoms with van der Waals surface area (Å²) < 4.78 is 8.14. The molecule has 2 rings (SSSR count). The first-order valence-corrected chi connectivity index (χ1v) is 8.52. The van der Waals surface area contributed by atoms with Crippen molar-refractivity contribution in [1.29, 1.82) is 0 Å². The molecule has 4 nitrogen and oxygen atoms in total. The van der Waals surface area contributed by atoms with Crippen molar-refractivity contribution < 1.29 is 4.74 Å². The third-order valence-electron chi connectivity index (χ3n) is 4.55. The number of nitrogens with zero attached hydrogens (tertiary/aromatic N) is 2. The maximum absolute atomic E-state index is 6.66. The fourth-order valence-electron chi connectivity index (χ4n) is 3.65. The van der Waals surface area contributed by atoms with Crippen LogP contribution in [0.4, 0.5) is 0 Å². The number of nitrogens with two attached hydrogens (primary N) is 1. The molecule has 1 aliphatic carbocycles. The second-order valence-corrected chi connectivity index (χ2v) is 6.69. The van der Waals surface area contributed by atoms with Crippen LogP contribution in [0.2, 0.25) is 5.02 Å². The lowest BCUT2D eigenvalue weighted by Crippen LogP contribution is -2.48. The van der Waals surface area contributed by atoms with E-state index >= 15 is 0 Å². The molecule has 0 radical (unpaired) electrons. The van der Waals surface area contributed by atoms with Gasteiger partial charge in [-0.3, -0.25) is 4.68 Å². The van der Waals surface area contributed by atoms with Gasteiger partial charge in [0.2, 0.25) is 0 Å². The molecule has 1 aliphatic rings. The lowest BCUT2D eigenvalue weighted by Gasteiger charge is -2.44. The summed E-state index contributed by atoms with van der Waals surface area (Å²) in [5.74, 6) is 0.637. The van der Waals surface area contributed by atoms with E-state index in [0.717, 1.165) is 37.9 Å². The zero-order valence-corrected chi connectivity index (χ0v) is 14.2. The summed E-state index contributed by atoms with van der Waals surface area (Å²) in [4.78, 5) is 0. The van der Waals surface area contributed by atoms with Crippen molar-refractivity contribution in [1.82, 2.24) is 9.78 Å². The van der Waals surface area contributed by atoms with Gasteiger partial charge in [0, 0.05) is 13.2 Å². The summed E-state index contributed by atoms with van der Waals surface area (Å²) in [7, 11) is 0. The largest absolute Gasteiger partial charge is 0.373 e. The van der Waals surface area contributed by atoms with Crippen LogP contribution in [0.3, 0.4) is 0 Å². The van der Waals surface area contributed by atoms with Crippen LogP contribution in [0.15, 0.2) is 6.20 Å². The first-order valence-electron chi connectivity index (χ1n) is 8.14. The van der Waals surface area contributed by atoms with Crippen molar-refractivity contribution in [3.63, 3.8) is 0 Å². The van der Waals surface area contributed by atoms with E-state index in [9.17, 15) is 0 Å². The topological polar surface area (TPSA) is 53.1 Å². The normalized spacial score (nSPS) is 27.8.